The van der Waals surface area contributed by atoms with Crippen molar-refractivity contribution in [3.8, 4) is 39.6 Å². The lowest BCUT2D eigenvalue weighted by Crippen LogP contribution is -2.11. The van der Waals surface area contributed by atoms with E-state index in [-0.39, 0.29) is 5.92 Å². The van der Waals surface area contributed by atoms with Gasteiger partial charge in [-0.25, -0.2) is 4.98 Å². The van der Waals surface area contributed by atoms with Gasteiger partial charge in [0.1, 0.15) is 17.0 Å². The number of rotatable bonds is 5. The minimum absolute atomic E-state index is 0.0232. The van der Waals surface area contributed by atoms with Crippen molar-refractivity contribution in [1.82, 2.24) is 19.5 Å². The van der Waals surface area contributed by atoms with Crippen molar-refractivity contribution in [3.63, 3.8) is 0 Å². The van der Waals surface area contributed by atoms with Gasteiger partial charge in [-0.2, -0.15) is 9.97 Å². The number of allylic oxidation sites excluding steroid dienone is 4. The number of fused-ring (bicyclic) bond motifs is 10. The second-order valence-electron chi connectivity index (χ2n) is 15.8. The van der Waals surface area contributed by atoms with Gasteiger partial charge in [-0.3, -0.25) is 4.57 Å². The summed E-state index contributed by atoms with van der Waals surface area (Å²) >= 11 is 0. The van der Waals surface area contributed by atoms with E-state index in [4.69, 9.17) is 19.4 Å². The Bertz CT molecular complexity index is 3320. The summed E-state index contributed by atoms with van der Waals surface area (Å²) in [4.78, 5) is 15.9. The average Bonchev–Trinajstić information content (AvgIpc) is 3.80. The van der Waals surface area contributed by atoms with Crippen LogP contribution < -0.4 is 0 Å². The molecule has 12 rings (SSSR count). The molecule has 2 aliphatic carbocycles. The quantitative estimate of drug-likeness (QED) is 0.175. The zero-order chi connectivity index (χ0) is 38.9. The lowest BCUT2D eigenvalue weighted by Gasteiger charge is -2.18. The Kier molecular flexibility index (Phi) is 7.80. The first-order valence-corrected chi connectivity index (χ1v) is 20.6. The second kappa shape index (κ2) is 13.6. The van der Waals surface area contributed by atoms with E-state index in [1.165, 1.54) is 38.6 Å². The standard InChI is InChI=1S/C54H38N4O/c1-4-15-34(16-5-1)39-30-27-36-29-32-47-50(49(36)43-22-11-10-21-41(39)43)45-23-12-13-26-46(45)58(47)54-56-52(37-19-8-3-9-20-37)55-53(57-54)38-28-31-42-44-25-14-24-40(35-17-6-2-7-18-35)51(44)59-48(42)33-38/h1-19,21-26,28-29,31-33,37,39H,20,27,30H2. The molecular weight excluding hydrogens is 721 g/mol. The minimum atomic E-state index is 0.0232. The van der Waals surface area contributed by atoms with Gasteiger partial charge in [0, 0.05) is 44.5 Å². The summed E-state index contributed by atoms with van der Waals surface area (Å²) in [6.07, 6.45) is 11.4. The Hall–Kier alpha value is -7.37. The molecular formula is C54H38N4O. The molecule has 2 atom stereocenters. The highest BCUT2D eigenvalue weighted by atomic mass is 16.3. The van der Waals surface area contributed by atoms with Gasteiger partial charge < -0.3 is 4.42 Å². The molecule has 0 bridgehead atoms. The highest BCUT2D eigenvalue weighted by Crippen LogP contribution is 2.47. The summed E-state index contributed by atoms with van der Waals surface area (Å²) in [7, 11) is 0. The van der Waals surface area contributed by atoms with Crippen LogP contribution in [0.1, 0.15) is 47.2 Å². The monoisotopic (exact) mass is 758 g/mol. The van der Waals surface area contributed by atoms with Crippen LogP contribution in [0.15, 0.2) is 186 Å². The molecule has 0 N–H and O–H groups in total. The number of para-hydroxylation sites is 2. The van der Waals surface area contributed by atoms with Gasteiger partial charge in [-0.15, -0.1) is 0 Å². The number of benzene rings is 7. The first-order chi connectivity index (χ1) is 29.3. The van der Waals surface area contributed by atoms with E-state index in [2.05, 4.69) is 181 Å². The molecule has 2 aliphatic rings. The molecule has 0 fully saturated rings. The Labute approximate surface area is 341 Å². The molecule has 0 saturated carbocycles. The van der Waals surface area contributed by atoms with Crippen molar-refractivity contribution in [2.75, 3.05) is 0 Å². The fourth-order valence-electron chi connectivity index (χ4n) is 9.68. The molecule has 0 radical (unpaired) electrons. The highest BCUT2D eigenvalue weighted by molar-refractivity contribution is 6.17. The predicted molar refractivity (Wildman–Crippen MR) is 240 cm³/mol. The van der Waals surface area contributed by atoms with E-state index in [1.807, 2.05) is 6.07 Å². The third-order valence-corrected chi connectivity index (χ3v) is 12.4. The van der Waals surface area contributed by atoms with Gasteiger partial charge in [-0.05, 0) is 76.9 Å². The summed E-state index contributed by atoms with van der Waals surface area (Å²) in [6, 6.07) is 56.5. The van der Waals surface area contributed by atoms with Crippen LogP contribution in [0.4, 0.5) is 0 Å². The van der Waals surface area contributed by atoms with Crippen molar-refractivity contribution >= 4 is 43.7 Å². The fourth-order valence-corrected chi connectivity index (χ4v) is 9.68. The predicted octanol–water partition coefficient (Wildman–Crippen LogP) is 13.5. The molecule has 0 saturated heterocycles. The van der Waals surface area contributed by atoms with Crippen LogP contribution in [0, 0.1) is 0 Å². The van der Waals surface area contributed by atoms with Crippen molar-refractivity contribution in [2.24, 2.45) is 0 Å². The SMILES string of the molecule is C1=CCC(c2nc(-c3ccc4c(c3)oc3c(-c5ccccc5)cccc34)nc(-n3c4ccccc4c4c5c(ccc43)CCC(c3ccccc3)c3ccccc3-5)n2)C=C1. The molecule has 0 spiro atoms. The summed E-state index contributed by atoms with van der Waals surface area (Å²) in [6.45, 7) is 0. The maximum Gasteiger partial charge on any atom is 0.238 e. The normalized spacial score (nSPS) is 16.1. The Morgan fingerprint density at radius 3 is 2.27 bits per heavy atom. The van der Waals surface area contributed by atoms with Gasteiger partial charge >= 0.3 is 0 Å². The van der Waals surface area contributed by atoms with Crippen molar-refractivity contribution in [1.29, 1.82) is 0 Å². The van der Waals surface area contributed by atoms with Crippen molar-refractivity contribution in [3.05, 3.63) is 205 Å². The van der Waals surface area contributed by atoms with Crippen LogP contribution >= 0.6 is 0 Å². The zero-order valence-electron chi connectivity index (χ0n) is 32.3. The molecule has 59 heavy (non-hydrogen) atoms. The van der Waals surface area contributed by atoms with Gasteiger partial charge in [-0.1, -0.05) is 158 Å². The Morgan fingerprint density at radius 1 is 0.593 bits per heavy atom. The molecule has 5 heteroatoms. The summed E-state index contributed by atoms with van der Waals surface area (Å²) < 4.78 is 8.96. The van der Waals surface area contributed by atoms with Gasteiger partial charge in [0.25, 0.3) is 0 Å². The molecule has 7 aromatic carbocycles. The van der Waals surface area contributed by atoms with Gasteiger partial charge in [0.05, 0.1) is 11.0 Å². The first-order valence-electron chi connectivity index (χ1n) is 20.6. The van der Waals surface area contributed by atoms with E-state index in [9.17, 15) is 0 Å². The van der Waals surface area contributed by atoms with E-state index < -0.39 is 0 Å². The molecule has 3 heterocycles. The van der Waals surface area contributed by atoms with Crippen LogP contribution in [0.3, 0.4) is 0 Å². The van der Waals surface area contributed by atoms with E-state index in [0.717, 1.165) is 74.7 Å². The smallest absolute Gasteiger partial charge is 0.238 e. The van der Waals surface area contributed by atoms with E-state index >= 15 is 0 Å². The van der Waals surface area contributed by atoms with Gasteiger partial charge in [0.2, 0.25) is 5.95 Å². The second-order valence-corrected chi connectivity index (χ2v) is 15.8. The van der Waals surface area contributed by atoms with Crippen molar-refractivity contribution < 1.29 is 4.42 Å². The Morgan fingerprint density at radius 2 is 1.39 bits per heavy atom. The fraction of sp³-hybridized carbons (Fsp3) is 0.0926. The van der Waals surface area contributed by atoms with Crippen LogP contribution in [-0.4, -0.2) is 19.5 Å². The molecule has 5 nitrogen and oxygen atoms in total. The largest absolute Gasteiger partial charge is 0.455 e. The summed E-state index contributed by atoms with van der Waals surface area (Å²) in [5.41, 5.74) is 13.6. The van der Waals surface area contributed by atoms with Crippen molar-refractivity contribution in [2.45, 2.75) is 31.1 Å². The molecule has 280 valence electrons. The number of aryl methyl sites for hydroxylation is 1. The lowest BCUT2D eigenvalue weighted by atomic mass is 9.85. The molecule has 10 aromatic rings. The van der Waals surface area contributed by atoms with Crippen LogP contribution in [0.2, 0.25) is 0 Å². The zero-order valence-corrected chi connectivity index (χ0v) is 32.3. The van der Waals surface area contributed by atoms with Crippen LogP contribution in [0.25, 0.3) is 83.3 Å². The number of nitrogens with zero attached hydrogens (tertiary/aromatic N) is 4. The molecule has 0 aliphatic heterocycles. The number of hydrogen-bond donors (Lipinski definition) is 0. The number of hydrogen-bond acceptors (Lipinski definition) is 4. The summed E-state index contributed by atoms with van der Waals surface area (Å²) in [5, 5.41) is 4.58. The average molecular weight is 759 g/mol. The third kappa shape index (κ3) is 5.49. The van der Waals surface area contributed by atoms with E-state index in [1.54, 1.807) is 0 Å². The first kappa shape index (κ1) is 33.7. The minimum Gasteiger partial charge on any atom is -0.455 e. The van der Waals surface area contributed by atoms with Crippen LogP contribution in [-0.2, 0) is 6.42 Å². The molecule has 0 amide bonds. The summed E-state index contributed by atoms with van der Waals surface area (Å²) in [5.74, 6) is 2.31. The third-order valence-electron chi connectivity index (χ3n) is 12.4. The van der Waals surface area contributed by atoms with Gasteiger partial charge in [0.15, 0.2) is 5.82 Å². The number of aromatic nitrogens is 4. The Balaban J connectivity index is 1.07. The molecule has 3 aromatic heterocycles. The maximum atomic E-state index is 6.70. The molecule has 2 unspecified atom stereocenters. The topological polar surface area (TPSA) is 56.7 Å². The van der Waals surface area contributed by atoms with Crippen LogP contribution in [0.5, 0.6) is 0 Å². The number of furan rings is 1. The van der Waals surface area contributed by atoms with E-state index in [0.29, 0.717) is 17.7 Å². The lowest BCUT2D eigenvalue weighted by molar-refractivity contribution is 0.670. The maximum absolute atomic E-state index is 6.70. The highest BCUT2D eigenvalue weighted by Gasteiger charge is 2.28.